The van der Waals surface area contributed by atoms with Gasteiger partial charge in [-0.3, -0.25) is 0 Å². The first kappa shape index (κ1) is 10.4. The number of aliphatic hydroxyl groups excluding tert-OH is 1. The van der Waals surface area contributed by atoms with Crippen LogP contribution in [0.15, 0.2) is 0 Å². The van der Waals surface area contributed by atoms with Crippen molar-refractivity contribution in [2.24, 2.45) is 17.8 Å². The molecule has 2 fully saturated rings. The Morgan fingerprint density at radius 3 is 2.64 bits per heavy atom. The molecular formula is C12H23NO. The monoisotopic (exact) mass is 197 g/mol. The number of nitrogens with one attached hydrogen (secondary N) is 1. The maximum Gasteiger partial charge on any atom is 0.0616 e. The minimum absolute atomic E-state index is 0.0905. The molecular weight excluding hydrogens is 174 g/mol. The lowest BCUT2D eigenvalue weighted by Crippen LogP contribution is -2.53. The van der Waals surface area contributed by atoms with Crippen molar-refractivity contribution < 1.29 is 5.11 Å². The molecule has 2 N–H and O–H groups in total. The van der Waals surface area contributed by atoms with Crippen molar-refractivity contribution in [3.63, 3.8) is 0 Å². The lowest BCUT2D eigenvalue weighted by Gasteiger charge is -2.37. The molecule has 2 saturated carbocycles. The number of hydrogen-bond donors (Lipinski definition) is 2. The Morgan fingerprint density at radius 2 is 2.21 bits per heavy atom. The first-order valence-electron chi connectivity index (χ1n) is 6.02. The quantitative estimate of drug-likeness (QED) is 0.720. The first-order valence-corrected chi connectivity index (χ1v) is 6.02. The van der Waals surface area contributed by atoms with Gasteiger partial charge in [0.25, 0.3) is 0 Å². The summed E-state index contributed by atoms with van der Waals surface area (Å²) in [4.78, 5) is 0. The smallest absolute Gasteiger partial charge is 0.0616 e. The van der Waals surface area contributed by atoms with E-state index in [1.54, 1.807) is 0 Å². The molecule has 0 aromatic heterocycles. The third-order valence-corrected chi connectivity index (χ3v) is 4.12. The summed E-state index contributed by atoms with van der Waals surface area (Å²) < 4.78 is 0. The Labute approximate surface area is 87.1 Å². The molecule has 0 heterocycles. The average molecular weight is 197 g/mol. The molecule has 2 aliphatic rings. The van der Waals surface area contributed by atoms with E-state index in [1.807, 2.05) is 0 Å². The molecule has 0 radical (unpaired) electrons. The second kappa shape index (κ2) is 3.82. The Kier molecular flexibility index (Phi) is 2.85. The Balaban J connectivity index is 1.97. The van der Waals surface area contributed by atoms with Gasteiger partial charge in [0.05, 0.1) is 6.61 Å². The van der Waals surface area contributed by atoms with Gasteiger partial charge in [0.1, 0.15) is 0 Å². The van der Waals surface area contributed by atoms with Crippen molar-refractivity contribution in [3.8, 4) is 0 Å². The minimum atomic E-state index is 0.0905. The van der Waals surface area contributed by atoms with Gasteiger partial charge in [0.2, 0.25) is 0 Å². The van der Waals surface area contributed by atoms with E-state index in [0.717, 1.165) is 18.4 Å². The fourth-order valence-electron chi connectivity index (χ4n) is 3.32. The van der Waals surface area contributed by atoms with Gasteiger partial charge in [-0.1, -0.05) is 20.3 Å². The van der Waals surface area contributed by atoms with Crippen molar-refractivity contribution >= 4 is 0 Å². The van der Waals surface area contributed by atoms with Crippen molar-refractivity contribution in [2.45, 2.75) is 45.1 Å². The van der Waals surface area contributed by atoms with E-state index in [2.05, 4.69) is 19.2 Å². The first-order chi connectivity index (χ1) is 6.66. The summed E-state index contributed by atoms with van der Waals surface area (Å²) in [6, 6.07) is 0. The maximum absolute atomic E-state index is 9.59. The summed E-state index contributed by atoms with van der Waals surface area (Å²) in [6.07, 6.45) is 5.29. The lowest BCUT2D eigenvalue weighted by atomic mass is 9.81. The van der Waals surface area contributed by atoms with Crippen molar-refractivity contribution in [2.75, 3.05) is 13.2 Å². The lowest BCUT2D eigenvalue weighted by molar-refractivity contribution is 0.103. The molecule has 82 valence electrons. The van der Waals surface area contributed by atoms with Crippen LogP contribution in [-0.2, 0) is 0 Å². The highest BCUT2D eigenvalue weighted by atomic mass is 16.3. The second-order valence-corrected chi connectivity index (χ2v) is 5.67. The molecule has 0 amide bonds. The van der Waals surface area contributed by atoms with E-state index in [-0.39, 0.29) is 5.54 Å². The molecule has 0 aromatic rings. The molecule has 3 unspecified atom stereocenters. The predicted octanol–water partition coefficient (Wildman–Crippen LogP) is 1.78. The number of hydrogen-bond acceptors (Lipinski definition) is 2. The molecule has 2 aliphatic carbocycles. The SMILES string of the molecule is CC(C)CNC1(CO)CC2CCC1C2. The minimum Gasteiger partial charge on any atom is -0.394 e. The van der Waals surface area contributed by atoms with Gasteiger partial charge in [-0.05, 0) is 43.6 Å². The Morgan fingerprint density at radius 1 is 1.43 bits per heavy atom. The molecule has 14 heavy (non-hydrogen) atoms. The van der Waals surface area contributed by atoms with E-state index >= 15 is 0 Å². The molecule has 2 bridgehead atoms. The molecule has 2 heteroatoms. The van der Waals surface area contributed by atoms with Gasteiger partial charge >= 0.3 is 0 Å². The second-order valence-electron chi connectivity index (χ2n) is 5.67. The van der Waals surface area contributed by atoms with Gasteiger partial charge in [0, 0.05) is 5.54 Å². The fraction of sp³-hybridized carbons (Fsp3) is 1.00. The normalized spacial score (nSPS) is 41.1. The van der Waals surface area contributed by atoms with Crippen molar-refractivity contribution in [1.82, 2.24) is 5.32 Å². The van der Waals surface area contributed by atoms with Crippen LogP contribution >= 0.6 is 0 Å². The highest BCUT2D eigenvalue weighted by Crippen LogP contribution is 2.50. The van der Waals surface area contributed by atoms with Gasteiger partial charge in [0.15, 0.2) is 0 Å². The summed E-state index contributed by atoms with van der Waals surface area (Å²) in [6.45, 7) is 5.83. The predicted molar refractivity (Wildman–Crippen MR) is 58.1 cm³/mol. The zero-order valence-electron chi connectivity index (χ0n) is 9.42. The Hall–Kier alpha value is -0.0800. The van der Waals surface area contributed by atoms with Crippen LogP contribution in [0, 0.1) is 17.8 Å². The number of fused-ring (bicyclic) bond motifs is 2. The van der Waals surface area contributed by atoms with E-state index < -0.39 is 0 Å². The summed E-state index contributed by atoms with van der Waals surface area (Å²) in [5.41, 5.74) is 0.0905. The topological polar surface area (TPSA) is 32.3 Å². The summed E-state index contributed by atoms with van der Waals surface area (Å²) in [5, 5.41) is 13.2. The van der Waals surface area contributed by atoms with E-state index in [4.69, 9.17) is 0 Å². The third kappa shape index (κ3) is 1.70. The van der Waals surface area contributed by atoms with Crippen LogP contribution in [0.4, 0.5) is 0 Å². The highest BCUT2D eigenvalue weighted by Gasteiger charge is 2.50. The van der Waals surface area contributed by atoms with Gasteiger partial charge < -0.3 is 10.4 Å². The standard InChI is InChI=1S/C12H23NO/c1-9(2)7-13-12(8-14)6-10-3-4-11(12)5-10/h9-11,13-14H,3-8H2,1-2H3. The highest BCUT2D eigenvalue weighted by molar-refractivity contribution is 5.06. The van der Waals surface area contributed by atoms with Crippen LogP contribution in [0.2, 0.25) is 0 Å². The average Bonchev–Trinajstić information content (AvgIpc) is 2.74. The van der Waals surface area contributed by atoms with Crippen molar-refractivity contribution in [1.29, 1.82) is 0 Å². The Bertz CT molecular complexity index is 204. The summed E-state index contributed by atoms with van der Waals surface area (Å²) in [7, 11) is 0. The van der Waals surface area contributed by atoms with Crippen LogP contribution in [0.1, 0.15) is 39.5 Å². The largest absolute Gasteiger partial charge is 0.394 e. The molecule has 0 aliphatic heterocycles. The van der Waals surface area contributed by atoms with E-state index in [1.165, 1.54) is 25.7 Å². The van der Waals surface area contributed by atoms with Gasteiger partial charge in [-0.2, -0.15) is 0 Å². The molecule has 0 saturated heterocycles. The maximum atomic E-state index is 9.59. The van der Waals surface area contributed by atoms with Crippen LogP contribution in [0.5, 0.6) is 0 Å². The van der Waals surface area contributed by atoms with Crippen LogP contribution in [0.3, 0.4) is 0 Å². The molecule has 0 spiro atoms. The molecule has 3 atom stereocenters. The molecule has 2 rings (SSSR count). The van der Waals surface area contributed by atoms with Gasteiger partial charge in [-0.25, -0.2) is 0 Å². The number of aliphatic hydroxyl groups is 1. The summed E-state index contributed by atoms with van der Waals surface area (Å²) >= 11 is 0. The van der Waals surface area contributed by atoms with Crippen LogP contribution in [-0.4, -0.2) is 23.8 Å². The fourth-order valence-corrected chi connectivity index (χ4v) is 3.32. The zero-order valence-corrected chi connectivity index (χ0v) is 9.42. The van der Waals surface area contributed by atoms with Crippen LogP contribution in [0.25, 0.3) is 0 Å². The van der Waals surface area contributed by atoms with E-state index in [0.29, 0.717) is 12.5 Å². The molecule has 2 nitrogen and oxygen atoms in total. The third-order valence-electron chi connectivity index (χ3n) is 4.12. The van der Waals surface area contributed by atoms with Crippen molar-refractivity contribution in [3.05, 3.63) is 0 Å². The van der Waals surface area contributed by atoms with E-state index in [9.17, 15) is 5.11 Å². The zero-order chi connectivity index (χ0) is 10.2. The van der Waals surface area contributed by atoms with Gasteiger partial charge in [-0.15, -0.1) is 0 Å². The molecule has 0 aromatic carbocycles. The summed E-state index contributed by atoms with van der Waals surface area (Å²) in [5.74, 6) is 2.32. The van der Waals surface area contributed by atoms with Crippen LogP contribution < -0.4 is 5.32 Å². The number of rotatable bonds is 4.